The van der Waals surface area contributed by atoms with Crippen molar-refractivity contribution in [3.63, 3.8) is 0 Å². The van der Waals surface area contributed by atoms with Crippen molar-refractivity contribution in [3.05, 3.63) is 35.5 Å². The van der Waals surface area contributed by atoms with E-state index in [-0.39, 0.29) is 5.91 Å². The molecule has 0 atom stereocenters. The fraction of sp³-hybridized carbons (Fsp3) is 0.500. The number of carbonyl (C=O) groups is 1. The van der Waals surface area contributed by atoms with Crippen LogP contribution in [-0.2, 0) is 0 Å². The van der Waals surface area contributed by atoms with Crippen LogP contribution in [0.25, 0.3) is 10.9 Å². The molecule has 2 N–H and O–H groups in total. The number of rotatable bonds is 2. The summed E-state index contributed by atoms with van der Waals surface area (Å²) >= 11 is 0. The highest BCUT2D eigenvalue weighted by molar-refractivity contribution is 6.06. The summed E-state index contributed by atoms with van der Waals surface area (Å²) < 4.78 is 0. The number of nitrogens with one attached hydrogen (secondary N) is 2. The zero-order valence-corrected chi connectivity index (χ0v) is 13.3. The van der Waals surface area contributed by atoms with Gasteiger partial charge in [-0.05, 0) is 43.5 Å². The topological polar surface area (TPSA) is 44.9 Å². The smallest absolute Gasteiger partial charge is 0.253 e. The first-order valence-electron chi connectivity index (χ1n) is 8.12. The summed E-state index contributed by atoms with van der Waals surface area (Å²) in [7, 11) is 0. The molecule has 3 nitrogen and oxygen atoms in total. The number of hydrogen-bond donors (Lipinski definition) is 2. The van der Waals surface area contributed by atoms with Crippen LogP contribution in [0.15, 0.2) is 24.4 Å². The number of aryl methyl sites for hydroxylation is 1. The summed E-state index contributed by atoms with van der Waals surface area (Å²) in [5.74, 6) is 0.0584. The highest BCUT2D eigenvalue weighted by Crippen LogP contribution is 2.21. The largest absolute Gasteiger partial charge is 0.361 e. The SMILES string of the molecule is CC.Cc1cc(C(=O)NC2CCCCC2)c2[nH]ccc2c1. The van der Waals surface area contributed by atoms with Crippen LogP contribution in [0.5, 0.6) is 0 Å². The van der Waals surface area contributed by atoms with Gasteiger partial charge in [0.25, 0.3) is 5.91 Å². The fourth-order valence-corrected chi connectivity index (χ4v) is 3.01. The first-order valence-corrected chi connectivity index (χ1v) is 8.12. The molecule has 1 fully saturated rings. The third-order valence-corrected chi connectivity index (χ3v) is 3.99. The molecule has 0 unspecified atom stereocenters. The van der Waals surface area contributed by atoms with Gasteiger partial charge in [-0.15, -0.1) is 0 Å². The second-order valence-corrected chi connectivity index (χ2v) is 5.56. The average molecular weight is 286 g/mol. The quantitative estimate of drug-likeness (QED) is 0.835. The van der Waals surface area contributed by atoms with E-state index in [2.05, 4.69) is 16.4 Å². The summed E-state index contributed by atoms with van der Waals surface area (Å²) in [4.78, 5) is 15.6. The molecule has 1 aliphatic carbocycles. The first-order chi connectivity index (χ1) is 10.2. The predicted octanol–water partition coefficient (Wildman–Crippen LogP) is 4.57. The lowest BCUT2D eigenvalue weighted by molar-refractivity contribution is 0.0929. The van der Waals surface area contributed by atoms with Gasteiger partial charge < -0.3 is 10.3 Å². The Morgan fingerprint density at radius 2 is 1.90 bits per heavy atom. The van der Waals surface area contributed by atoms with Crippen molar-refractivity contribution in [2.75, 3.05) is 0 Å². The molecule has 1 amide bonds. The maximum Gasteiger partial charge on any atom is 0.253 e. The normalized spacial score (nSPS) is 15.4. The summed E-state index contributed by atoms with van der Waals surface area (Å²) in [6, 6.07) is 6.44. The van der Waals surface area contributed by atoms with Crippen LogP contribution in [0.1, 0.15) is 61.9 Å². The molecule has 1 heterocycles. The molecule has 2 aromatic rings. The van der Waals surface area contributed by atoms with Crippen LogP contribution in [0, 0.1) is 6.92 Å². The van der Waals surface area contributed by atoms with Gasteiger partial charge in [-0.1, -0.05) is 33.1 Å². The summed E-state index contributed by atoms with van der Waals surface area (Å²) in [6.07, 6.45) is 7.89. The molecule has 1 saturated carbocycles. The molecule has 3 rings (SSSR count). The number of carbonyl (C=O) groups excluding carboxylic acids is 1. The van der Waals surface area contributed by atoms with E-state index >= 15 is 0 Å². The van der Waals surface area contributed by atoms with Gasteiger partial charge in [0.1, 0.15) is 0 Å². The van der Waals surface area contributed by atoms with Crippen molar-refractivity contribution < 1.29 is 4.79 Å². The van der Waals surface area contributed by atoms with E-state index in [1.54, 1.807) is 0 Å². The van der Waals surface area contributed by atoms with Crippen molar-refractivity contribution >= 4 is 16.8 Å². The van der Waals surface area contributed by atoms with E-state index in [1.165, 1.54) is 19.3 Å². The van der Waals surface area contributed by atoms with Crippen LogP contribution >= 0.6 is 0 Å². The van der Waals surface area contributed by atoms with Crippen LogP contribution in [0.2, 0.25) is 0 Å². The molecule has 0 aliphatic heterocycles. The van der Waals surface area contributed by atoms with Gasteiger partial charge in [0.2, 0.25) is 0 Å². The molecule has 0 bridgehead atoms. The van der Waals surface area contributed by atoms with Crippen molar-refractivity contribution in [2.24, 2.45) is 0 Å². The highest BCUT2D eigenvalue weighted by Gasteiger charge is 2.18. The standard InChI is InChI=1S/C16H20N2O.C2H6/c1-11-9-12-7-8-17-15(12)14(10-11)16(19)18-13-5-3-2-4-6-13;1-2/h7-10,13,17H,2-6H2,1H3,(H,18,19);1-2H3. The summed E-state index contributed by atoms with van der Waals surface area (Å²) in [5.41, 5.74) is 2.84. The summed E-state index contributed by atoms with van der Waals surface area (Å²) in [5, 5.41) is 4.29. The number of benzene rings is 1. The molecule has 21 heavy (non-hydrogen) atoms. The van der Waals surface area contributed by atoms with Crippen LogP contribution in [0.3, 0.4) is 0 Å². The maximum atomic E-state index is 12.4. The molecule has 3 heteroatoms. The second kappa shape index (κ2) is 7.30. The highest BCUT2D eigenvalue weighted by atomic mass is 16.1. The molecule has 114 valence electrons. The lowest BCUT2D eigenvalue weighted by atomic mass is 9.95. The van der Waals surface area contributed by atoms with Crippen LogP contribution < -0.4 is 5.32 Å². The molecule has 0 spiro atoms. The second-order valence-electron chi connectivity index (χ2n) is 5.56. The zero-order chi connectivity index (χ0) is 15.2. The molecule has 1 aromatic carbocycles. The van der Waals surface area contributed by atoms with E-state index < -0.39 is 0 Å². The van der Waals surface area contributed by atoms with Crippen molar-refractivity contribution in [2.45, 2.75) is 58.9 Å². The Morgan fingerprint density at radius 3 is 2.62 bits per heavy atom. The maximum absolute atomic E-state index is 12.4. The van der Waals surface area contributed by atoms with E-state index in [0.29, 0.717) is 6.04 Å². The van der Waals surface area contributed by atoms with Gasteiger partial charge in [-0.3, -0.25) is 4.79 Å². The van der Waals surface area contributed by atoms with Crippen molar-refractivity contribution in [1.82, 2.24) is 10.3 Å². The van der Waals surface area contributed by atoms with E-state index in [0.717, 1.165) is 34.9 Å². The Hall–Kier alpha value is -1.77. The number of hydrogen-bond acceptors (Lipinski definition) is 1. The van der Waals surface area contributed by atoms with Gasteiger partial charge in [0.15, 0.2) is 0 Å². The Morgan fingerprint density at radius 1 is 1.19 bits per heavy atom. The first kappa shape index (κ1) is 15.6. The van der Waals surface area contributed by atoms with Crippen LogP contribution in [0.4, 0.5) is 0 Å². The lowest BCUT2D eigenvalue weighted by Crippen LogP contribution is -2.36. The minimum atomic E-state index is 0.0584. The van der Waals surface area contributed by atoms with Gasteiger partial charge in [0, 0.05) is 17.6 Å². The van der Waals surface area contributed by atoms with Gasteiger partial charge >= 0.3 is 0 Å². The lowest BCUT2D eigenvalue weighted by Gasteiger charge is -2.23. The zero-order valence-electron chi connectivity index (χ0n) is 13.3. The fourth-order valence-electron chi connectivity index (χ4n) is 3.01. The minimum absolute atomic E-state index is 0.0584. The number of amides is 1. The summed E-state index contributed by atoms with van der Waals surface area (Å²) in [6.45, 7) is 6.03. The number of aromatic nitrogens is 1. The molecular formula is C18H26N2O. The third-order valence-electron chi connectivity index (χ3n) is 3.99. The van der Waals surface area contributed by atoms with E-state index in [4.69, 9.17) is 0 Å². The van der Waals surface area contributed by atoms with Gasteiger partial charge in [-0.25, -0.2) is 0 Å². The molecule has 1 aliphatic rings. The Balaban J connectivity index is 0.000000774. The Labute approximate surface area is 127 Å². The molecule has 0 saturated heterocycles. The minimum Gasteiger partial charge on any atom is -0.361 e. The average Bonchev–Trinajstić information content (AvgIpc) is 2.97. The molecular weight excluding hydrogens is 260 g/mol. The predicted molar refractivity (Wildman–Crippen MR) is 88.7 cm³/mol. The van der Waals surface area contributed by atoms with Crippen molar-refractivity contribution in [3.8, 4) is 0 Å². The Bertz CT molecular complexity index is 594. The Kier molecular flexibility index (Phi) is 5.43. The number of aromatic amines is 1. The number of fused-ring (bicyclic) bond motifs is 1. The van der Waals surface area contributed by atoms with E-state index in [9.17, 15) is 4.79 Å². The third kappa shape index (κ3) is 3.66. The van der Waals surface area contributed by atoms with Gasteiger partial charge in [-0.2, -0.15) is 0 Å². The van der Waals surface area contributed by atoms with E-state index in [1.807, 2.05) is 39.1 Å². The molecule has 0 radical (unpaired) electrons. The molecule has 1 aromatic heterocycles. The van der Waals surface area contributed by atoms with Gasteiger partial charge in [0.05, 0.1) is 11.1 Å². The monoisotopic (exact) mass is 286 g/mol. The van der Waals surface area contributed by atoms with Crippen molar-refractivity contribution in [1.29, 1.82) is 0 Å². The number of H-pyrrole nitrogens is 1. The van der Waals surface area contributed by atoms with Crippen LogP contribution in [-0.4, -0.2) is 16.9 Å².